The predicted octanol–water partition coefficient (Wildman–Crippen LogP) is -1.23. The number of methoxy groups -OCH3 is 1. The SMILES string of the molecule is CO[C@H]1CN[C@](O)(C(=O)O)C1. The molecule has 0 bridgehead atoms. The van der Waals surface area contributed by atoms with Gasteiger partial charge in [0.15, 0.2) is 0 Å². The molecule has 0 aromatic rings. The first-order valence-electron chi connectivity index (χ1n) is 3.32. The van der Waals surface area contributed by atoms with Gasteiger partial charge in [-0.2, -0.15) is 0 Å². The molecule has 0 unspecified atom stereocenters. The molecule has 1 aliphatic rings. The minimum absolute atomic E-state index is 0.0961. The lowest BCUT2D eigenvalue weighted by atomic mass is 10.1. The van der Waals surface area contributed by atoms with Crippen molar-refractivity contribution < 1.29 is 19.7 Å². The molecule has 3 N–H and O–H groups in total. The van der Waals surface area contributed by atoms with E-state index in [-0.39, 0.29) is 12.5 Å². The molecule has 0 aromatic carbocycles. The maximum absolute atomic E-state index is 10.4. The third kappa shape index (κ3) is 1.50. The predicted molar refractivity (Wildman–Crippen MR) is 36.0 cm³/mol. The van der Waals surface area contributed by atoms with E-state index in [9.17, 15) is 9.90 Å². The fourth-order valence-electron chi connectivity index (χ4n) is 1.09. The van der Waals surface area contributed by atoms with Crippen LogP contribution in [0.4, 0.5) is 0 Å². The molecule has 1 fully saturated rings. The number of carboxylic acids is 1. The third-order valence-electron chi connectivity index (χ3n) is 1.83. The van der Waals surface area contributed by atoms with Crippen molar-refractivity contribution in [3.8, 4) is 0 Å². The van der Waals surface area contributed by atoms with Gasteiger partial charge in [-0.15, -0.1) is 0 Å². The van der Waals surface area contributed by atoms with E-state index in [2.05, 4.69) is 5.32 Å². The average Bonchev–Trinajstić information content (AvgIpc) is 2.33. The van der Waals surface area contributed by atoms with E-state index < -0.39 is 11.7 Å². The van der Waals surface area contributed by atoms with Gasteiger partial charge in [-0.1, -0.05) is 0 Å². The van der Waals surface area contributed by atoms with E-state index in [0.717, 1.165) is 0 Å². The Morgan fingerprint density at radius 3 is 2.73 bits per heavy atom. The minimum atomic E-state index is -1.79. The maximum atomic E-state index is 10.4. The normalized spacial score (nSPS) is 37.5. The number of carboxylic acid groups (broad SMARTS) is 1. The fraction of sp³-hybridized carbons (Fsp3) is 0.833. The molecule has 2 atom stereocenters. The lowest BCUT2D eigenvalue weighted by Crippen LogP contribution is -2.47. The van der Waals surface area contributed by atoms with Crippen molar-refractivity contribution in [3.05, 3.63) is 0 Å². The van der Waals surface area contributed by atoms with Crippen LogP contribution in [0.25, 0.3) is 0 Å². The van der Waals surface area contributed by atoms with E-state index in [4.69, 9.17) is 9.84 Å². The van der Waals surface area contributed by atoms with Gasteiger partial charge in [0.1, 0.15) is 0 Å². The number of hydrogen-bond donors (Lipinski definition) is 3. The molecule has 5 heteroatoms. The summed E-state index contributed by atoms with van der Waals surface area (Å²) in [5.41, 5.74) is -1.79. The van der Waals surface area contributed by atoms with E-state index >= 15 is 0 Å². The Morgan fingerprint density at radius 1 is 1.82 bits per heavy atom. The van der Waals surface area contributed by atoms with Crippen LogP contribution < -0.4 is 5.32 Å². The Balaban J connectivity index is 2.57. The van der Waals surface area contributed by atoms with Crippen molar-refractivity contribution in [2.24, 2.45) is 0 Å². The molecular weight excluding hydrogens is 150 g/mol. The molecule has 64 valence electrons. The number of nitrogens with one attached hydrogen (secondary N) is 1. The summed E-state index contributed by atoms with van der Waals surface area (Å²) in [6, 6.07) is 0. The van der Waals surface area contributed by atoms with Crippen LogP contribution >= 0.6 is 0 Å². The molecule has 1 saturated heterocycles. The van der Waals surface area contributed by atoms with Crippen LogP contribution in [0, 0.1) is 0 Å². The zero-order valence-electron chi connectivity index (χ0n) is 6.20. The number of rotatable bonds is 2. The lowest BCUT2D eigenvalue weighted by molar-refractivity contribution is -0.161. The molecule has 0 radical (unpaired) electrons. The van der Waals surface area contributed by atoms with Crippen molar-refractivity contribution in [2.45, 2.75) is 18.2 Å². The van der Waals surface area contributed by atoms with E-state index in [1.807, 2.05) is 0 Å². The van der Waals surface area contributed by atoms with E-state index in [1.54, 1.807) is 0 Å². The second kappa shape index (κ2) is 2.77. The lowest BCUT2D eigenvalue weighted by Gasteiger charge is -2.15. The number of hydrogen-bond acceptors (Lipinski definition) is 4. The van der Waals surface area contributed by atoms with E-state index in [1.165, 1.54) is 7.11 Å². The van der Waals surface area contributed by atoms with Crippen molar-refractivity contribution in [3.63, 3.8) is 0 Å². The first-order chi connectivity index (χ1) is 5.08. The Labute approximate surface area is 64.0 Å². The highest BCUT2D eigenvalue weighted by Crippen LogP contribution is 2.18. The highest BCUT2D eigenvalue weighted by atomic mass is 16.5. The van der Waals surface area contributed by atoms with Crippen LogP contribution in [0.3, 0.4) is 0 Å². The smallest absolute Gasteiger partial charge is 0.351 e. The molecule has 11 heavy (non-hydrogen) atoms. The summed E-state index contributed by atoms with van der Waals surface area (Å²) in [4.78, 5) is 10.4. The summed E-state index contributed by atoms with van der Waals surface area (Å²) in [7, 11) is 1.49. The van der Waals surface area contributed by atoms with Gasteiger partial charge in [-0.25, -0.2) is 4.79 Å². The number of aliphatic hydroxyl groups is 1. The van der Waals surface area contributed by atoms with Gasteiger partial charge in [0.2, 0.25) is 5.72 Å². The Hall–Kier alpha value is -0.650. The van der Waals surface area contributed by atoms with Crippen molar-refractivity contribution in [2.75, 3.05) is 13.7 Å². The van der Waals surface area contributed by atoms with Crippen LogP contribution in [0.1, 0.15) is 6.42 Å². The molecular formula is C6H11NO4. The van der Waals surface area contributed by atoms with Crippen molar-refractivity contribution >= 4 is 5.97 Å². The number of carbonyl (C=O) groups is 1. The molecule has 0 aliphatic carbocycles. The van der Waals surface area contributed by atoms with Crippen LogP contribution in [0.2, 0.25) is 0 Å². The molecule has 0 aromatic heterocycles. The van der Waals surface area contributed by atoms with Crippen LogP contribution in [0.5, 0.6) is 0 Å². The summed E-state index contributed by atoms with van der Waals surface area (Å²) in [5.74, 6) is -1.25. The Bertz CT molecular complexity index is 172. The number of ether oxygens (including phenoxy) is 1. The highest BCUT2D eigenvalue weighted by Gasteiger charge is 2.43. The highest BCUT2D eigenvalue weighted by molar-refractivity contribution is 5.77. The molecule has 1 heterocycles. The van der Waals surface area contributed by atoms with Gasteiger partial charge in [0.25, 0.3) is 0 Å². The van der Waals surface area contributed by atoms with Gasteiger partial charge >= 0.3 is 5.97 Å². The summed E-state index contributed by atoms with van der Waals surface area (Å²) in [6.45, 7) is 0.374. The zero-order valence-corrected chi connectivity index (χ0v) is 6.20. The molecule has 0 saturated carbocycles. The monoisotopic (exact) mass is 161 g/mol. The molecule has 1 rings (SSSR count). The van der Waals surface area contributed by atoms with Crippen LogP contribution in [-0.4, -0.2) is 41.7 Å². The van der Waals surface area contributed by atoms with Crippen LogP contribution in [0.15, 0.2) is 0 Å². The minimum Gasteiger partial charge on any atom is -0.478 e. The van der Waals surface area contributed by atoms with Gasteiger partial charge < -0.3 is 14.9 Å². The topological polar surface area (TPSA) is 78.8 Å². The Morgan fingerprint density at radius 2 is 2.45 bits per heavy atom. The first-order valence-corrected chi connectivity index (χ1v) is 3.32. The van der Waals surface area contributed by atoms with E-state index in [0.29, 0.717) is 6.54 Å². The number of aliphatic carboxylic acids is 1. The first kappa shape index (κ1) is 8.45. The largest absolute Gasteiger partial charge is 0.478 e. The second-order valence-electron chi connectivity index (χ2n) is 2.61. The summed E-state index contributed by atoms with van der Waals surface area (Å²) in [6.07, 6.45) is -0.116. The van der Waals surface area contributed by atoms with Gasteiger partial charge in [-0.3, -0.25) is 5.32 Å². The van der Waals surface area contributed by atoms with Crippen molar-refractivity contribution in [1.82, 2.24) is 5.32 Å². The maximum Gasteiger partial charge on any atom is 0.351 e. The average molecular weight is 161 g/mol. The summed E-state index contributed by atoms with van der Waals surface area (Å²) >= 11 is 0. The van der Waals surface area contributed by atoms with Gasteiger partial charge in [0.05, 0.1) is 6.10 Å². The molecule has 5 nitrogen and oxygen atoms in total. The standard InChI is InChI=1S/C6H11NO4/c1-11-4-2-6(10,5(8)9)7-3-4/h4,7,10H,2-3H2,1H3,(H,8,9)/t4-,6-/m1/s1. The van der Waals surface area contributed by atoms with Gasteiger partial charge in [0, 0.05) is 20.1 Å². The van der Waals surface area contributed by atoms with Crippen molar-refractivity contribution in [1.29, 1.82) is 0 Å². The molecule has 0 spiro atoms. The third-order valence-corrected chi connectivity index (χ3v) is 1.83. The second-order valence-corrected chi connectivity index (χ2v) is 2.61. The molecule has 0 amide bonds. The fourth-order valence-corrected chi connectivity index (χ4v) is 1.09. The quantitative estimate of drug-likeness (QED) is 0.472. The van der Waals surface area contributed by atoms with Crippen LogP contribution in [-0.2, 0) is 9.53 Å². The summed E-state index contributed by atoms with van der Waals surface area (Å²) < 4.78 is 4.87. The van der Waals surface area contributed by atoms with Gasteiger partial charge in [-0.05, 0) is 0 Å². The Kier molecular flexibility index (Phi) is 2.12. The molecule has 1 aliphatic heterocycles. The summed E-state index contributed by atoms with van der Waals surface area (Å²) in [5, 5.41) is 20.3. The zero-order chi connectivity index (χ0) is 8.48.